The minimum atomic E-state index is 0.289. The maximum absolute atomic E-state index is 10.8. The van der Waals surface area contributed by atoms with Gasteiger partial charge >= 0.3 is 0 Å². The third-order valence-electron chi connectivity index (χ3n) is 2.60. The molecule has 1 N–H and O–H groups in total. The number of ketones is 1. The Hall–Kier alpha value is -0.410. The minimum absolute atomic E-state index is 0.289. The van der Waals surface area contributed by atoms with Crippen LogP contribution in [-0.4, -0.2) is 42.4 Å². The van der Waals surface area contributed by atoms with Crippen LogP contribution < -0.4 is 5.32 Å². The number of likely N-dealkylation sites (tertiary alicyclic amines) is 1. The number of carbonyl (C=O) groups excluding carboxylic acids is 1. The lowest BCUT2D eigenvalue weighted by Crippen LogP contribution is -2.45. The Kier molecular flexibility index (Phi) is 1.69. The Balaban J connectivity index is 1.92. The molecule has 11 heavy (non-hydrogen) atoms. The molecular formula is C8H14N2O. The van der Waals surface area contributed by atoms with Gasteiger partial charge in [-0.25, -0.2) is 0 Å². The number of nitrogens with one attached hydrogen (secondary N) is 1. The molecule has 0 aliphatic carbocycles. The van der Waals surface area contributed by atoms with E-state index < -0.39 is 0 Å². The Morgan fingerprint density at radius 3 is 3.00 bits per heavy atom. The normalized spacial score (nSPS) is 36.5. The third kappa shape index (κ3) is 1.30. The lowest BCUT2D eigenvalue weighted by molar-refractivity contribution is -0.118. The van der Waals surface area contributed by atoms with E-state index in [1.807, 2.05) is 0 Å². The van der Waals surface area contributed by atoms with Crippen LogP contribution in [0, 0.1) is 0 Å². The van der Waals surface area contributed by atoms with Crippen molar-refractivity contribution >= 4 is 5.78 Å². The van der Waals surface area contributed by atoms with E-state index in [1.165, 1.54) is 6.42 Å². The average Bonchev–Trinajstić information content (AvgIpc) is 2.45. The quantitative estimate of drug-likeness (QED) is 0.588. The highest BCUT2D eigenvalue weighted by molar-refractivity contribution is 5.77. The number of nitrogens with zero attached hydrogens (tertiary/aromatic N) is 1. The molecule has 2 atom stereocenters. The van der Waals surface area contributed by atoms with Gasteiger partial charge < -0.3 is 5.32 Å². The summed E-state index contributed by atoms with van der Waals surface area (Å²) < 4.78 is 0. The maximum atomic E-state index is 10.8. The van der Waals surface area contributed by atoms with Crippen molar-refractivity contribution in [1.29, 1.82) is 0 Å². The van der Waals surface area contributed by atoms with E-state index in [2.05, 4.69) is 10.2 Å². The van der Waals surface area contributed by atoms with E-state index in [0.29, 0.717) is 18.6 Å². The van der Waals surface area contributed by atoms with Gasteiger partial charge in [0.05, 0.1) is 6.54 Å². The molecule has 62 valence electrons. The summed E-state index contributed by atoms with van der Waals surface area (Å²) in [6, 6.07) is 1.31. The minimum Gasteiger partial charge on any atom is -0.311 e. The van der Waals surface area contributed by atoms with E-state index in [-0.39, 0.29) is 5.78 Å². The second kappa shape index (κ2) is 2.57. The highest BCUT2D eigenvalue weighted by atomic mass is 16.1. The van der Waals surface area contributed by atoms with Crippen LogP contribution in [0.4, 0.5) is 0 Å². The molecule has 3 heteroatoms. The molecule has 2 unspecified atom stereocenters. The highest BCUT2D eigenvalue weighted by Gasteiger charge is 2.37. The first-order chi connectivity index (χ1) is 5.25. The van der Waals surface area contributed by atoms with Crippen LogP contribution in [0.2, 0.25) is 0 Å². The molecule has 0 amide bonds. The van der Waals surface area contributed by atoms with Crippen molar-refractivity contribution < 1.29 is 4.79 Å². The molecule has 2 heterocycles. The Morgan fingerprint density at radius 2 is 2.55 bits per heavy atom. The molecule has 2 aliphatic rings. The Labute approximate surface area is 66.8 Å². The second-order valence-electron chi connectivity index (χ2n) is 3.63. The monoisotopic (exact) mass is 154 g/mol. The zero-order valence-corrected chi connectivity index (χ0v) is 6.84. The van der Waals surface area contributed by atoms with Gasteiger partial charge in [0.2, 0.25) is 0 Å². The van der Waals surface area contributed by atoms with E-state index in [1.54, 1.807) is 6.92 Å². The van der Waals surface area contributed by atoms with Gasteiger partial charge in [-0.15, -0.1) is 0 Å². The molecule has 2 aliphatic heterocycles. The zero-order chi connectivity index (χ0) is 7.84. The highest BCUT2D eigenvalue weighted by Crippen LogP contribution is 2.22. The molecule has 0 spiro atoms. The van der Waals surface area contributed by atoms with Gasteiger partial charge in [0.15, 0.2) is 0 Å². The van der Waals surface area contributed by atoms with Gasteiger partial charge in [-0.05, 0) is 13.3 Å². The third-order valence-corrected chi connectivity index (χ3v) is 2.60. The van der Waals surface area contributed by atoms with Gasteiger partial charge in [0.25, 0.3) is 0 Å². The average molecular weight is 154 g/mol. The van der Waals surface area contributed by atoms with Crippen LogP contribution in [0.25, 0.3) is 0 Å². The first-order valence-corrected chi connectivity index (χ1v) is 4.22. The summed E-state index contributed by atoms with van der Waals surface area (Å²) in [4.78, 5) is 13.1. The number of carbonyl (C=O) groups is 1. The molecule has 0 radical (unpaired) electrons. The second-order valence-corrected chi connectivity index (χ2v) is 3.63. The lowest BCUT2D eigenvalue weighted by atomic mass is 10.2. The number of rotatable bonds is 2. The first-order valence-electron chi connectivity index (χ1n) is 4.22. The van der Waals surface area contributed by atoms with Crippen molar-refractivity contribution in [2.75, 3.05) is 19.6 Å². The van der Waals surface area contributed by atoms with Gasteiger partial charge in [0.1, 0.15) is 5.78 Å². The molecule has 0 aromatic carbocycles. The maximum Gasteiger partial charge on any atom is 0.143 e. The molecule has 2 fully saturated rings. The van der Waals surface area contributed by atoms with Crippen LogP contribution in [0.3, 0.4) is 0 Å². The molecule has 0 saturated carbocycles. The summed E-state index contributed by atoms with van der Waals surface area (Å²) in [6.45, 7) is 4.48. The summed E-state index contributed by atoms with van der Waals surface area (Å²) in [6.07, 6.45) is 1.24. The number of fused-ring (bicyclic) bond motifs is 2. The molecule has 2 rings (SSSR count). The van der Waals surface area contributed by atoms with E-state index in [9.17, 15) is 4.79 Å². The van der Waals surface area contributed by atoms with Crippen molar-refractivity contribution in [3.8, 4) is 0 Å². The topological polar surface area (TPSA) is 32.3 Å². The number of hydrogen-bond acceptors (Lipinski definition) is 3. The summed E-state index contributed by atoms with van der Waals surface area (Å²) in [5.41, 5.74) is 0. The van der Waals surface area contributed by atoms with Gasteiger partial charge in [-0.2, -0.15) is 0 Å². The van der Waals surface area contributed by atoms with Crippen LogP contribution in [0.1, 0.15) is 13.3 Å². The lowest BCUT2D eigenvalue weighted by Gasteiger charge is -2.25. The standard InChI is InChI=1S/C8H14N2O/c1-6(11)4-10-5-7-2-8(10)3-9-7/h7-9H,2-5H2,1H3. The van der Waals surface area contributed by atoms with Gasteiger partial charge in [-0.1, -0.05) is 0 Å². The number of Topliss-reactive ketones (excluding diaryl/α,β-unsaturated/α-hetero) is 1. The van der Waals surface area contributed by atoms with E-state index in [0.717, 1.165) is 13.1 Å². The fourth-order valence-electron chi connectivity index (χ4n) is 2.13. The van der Waals surface area contributed by atoms with Crippen LogP contribution in [-0.2, 0) is 4.79 Å². The molecule has 3 nitrogen and oxygen atoms in total. The summed E-state index contributed by atoms with van der Waals surface area (Å²) >= 11 is 0. The van der Waals surface area contributed by atoms with Crippen LogP contribution >= 0.6 is 0 Å². The summed E-state index contributed by atoms with van der Waals surface area (Å²) in [7, 11) is 0. The molecular weight excluding hydrogens is 140 g/mol. The summed E-state index contributed by atoms with van der Waals surface area (Å²) in [5.74, 6) is 0.289. The smallest absolute Gasteiger partial charge is 0.143 e. The van der Waals surface area contributed by atoms with Gasteiger partial charge in [-0.3, -0.25) is 9.69 Å². The van der Waals surface area contributed by atoms with Crippen LogP contribution in [0.5, 0.6) is 0 Å². The first kappa shape index (κ1) is 7.25. The molecule has 2 saturated heterocycles. The molecule has 0 aromatic heterocycles. The predicted molar refractivity (Wildman–Crippen MR) is 42.4 cm³/mol. The Morgan fingerprint density at radius 1 is 1.73 bits per heavy atom. The largest absolute Gasteiger partial charge is 0.311 e. The SMILES string of the molecule is CC(=O)CN1CC2CC1CN2. The van der Waals surface area contributed by atoms with Crippen molar-refractivity contribution in [1.82, 2.24) is 10.2 Å². The van der Waals surface area contributed by atoms with Crippen molar-refractivity contribution in [2.24, 2.45) is 0 Å². The van der Waals surface area contributed by atoms with E-state index in [4.69, 9.17) is 0 Å². The van der Waals surface area contributed by atoms with Crippen LogP contribution in [0.15, 0.2) is 0 Å². The Bertz CT molecular complexity index is 181. The fourth-order valence-corrected chi connectivity index (χ4v) is 2.13. The molecule has 0 aromatic rings. The zero-order valence-electron chi connectivity index (χ0n) is 6.84. The summed E-state index contributed by atoms with van der Waals surface area (Å²) in [5, 5.41) is 3.41. The van der Waals surface area contributed by atoms with Crippen molar-refractivity contribution in [2.45, 2.75) is 25.4 Å². The van der Waals surface area contributed by atoms with E-state index >= 15 is 0 Å². The molecule has 2 bridgehead atoms. The van der Waals surface area contributed by atoms with Crippen molar-refractivity contribution in [3.05, 3.63) is 0 Å². The predicted octanol–water partition coefficient (Wildman–Crippen LogP) is -0.378. The fraction of sp³-hybridized carbons (Fsp3) is 0.875. The van der Waals surface area contributed by atoms with Crippen molar-refractivity contribution in [3.63, 3.8) is 0 Å². The number of piperazine rings is 1. The number of hydrogen-bond donors (Lipinski definition) is 1. The van der Waals surface area contributed by atoms with Gasteiger partial charge in [0, 0.05) is 25.2 Å².